The average molecular weight is 491 g/mol. The van der Waals surface area contributed by atoms with Crippen molar-refractivity contribution in [3.05, 3.63) is 124 Å². The quantitative estimate of drug-likeness (QED) is 0.182. The molecule has 4 aromatic carbocycles. The molecule has 6 rings (SSSR count). The number of aryl methyl sites for hydroxylation is 1. The molecule has 0 aliphatic heterocycles. The third-order valence-electron chi connectivity index (χ3n) is 6.19. The Hall–Kier alpha value is -3.67. The topological polar surface area (TPSA) is 34.9 Å². The van der Waals surface area contributed by atoms with Crippen molar-refractivity contribution in [1.29, 1.82) is 0 Å². The van der Waals surface area contributed by atoms with Gasteiger partial charge in [0.25, 0.3) is 5.56 Å². The minimum Gasteiger partial charge on any atom is -0.268 e. The molecule has 170 valence electrons. The summed E-state index contributed by atoms with van der Waals surface area (Å²) in [5.41, 5.74) is 5.20. The monoisotopic (exact) mass is 490 g/mol. The zero-order chi connectivity index (χ0) is 23.8. The number of para-hydroxylation sites is 1. The summed E-state index contributed by atoms with van der Waals surface area (Å²) in [5, 5.41) is 5.89. The summed E-state index contributed by atoms with van der Waals surface area (Å²) in [6, 6.07) is 32.9. The van der Waals surface area contributed by atoms with Crippen LogP contribution < -0.4 is 5.56 Å². The van der Waals surface area contributed by atoms with Crippen molar-refractivity contribution in [2.75, 3.05) is 0 Å². The van der Waals surface area contributed by atoms with Gasteiger partial charge in [-0.3, -0.25) is 9.36 Å². The Balaban J connectivity index is 1.50. The maximum Gasteiger partial charge on any atom is 0.268 e. The van der Waals surface area contributed by atoms with E-state index in [-0.39, 0.29) is 5.56 Å². The molecule has 0 unspecified atom stereocenters. The van der Waals surface area contributed by atoms with Crippen molar-refractivity contribution in [1.82, 2.24) is 9.55 Å². The second kappa shape index (κ2) is 9.17. The Morgan fingerprint density at radius 3 is 2.43 bits per heavy atom. The van der Waals surface area contributed by atoms with Crippen LogP contribution in [0, 0.1) is 6.92 Å². The molecule has 2 aromatic heterocycles. The summed E-state index contributed by atoms with van der Waals surface area (Å²) in [6.45, 7) is 2.07. The number of rotatable bonds is 5. The molecule has 0 amide bonds. The van der Waals surface area contributed by atoms with E-state index in [9.17, 15) is 4.79 Å². The number of thiophene rings is 1. The lowest BCUT2D eigenvalue weighted by Gasteiger charge is -2.13. The Morgan fingerprint density at radius 2 is 1.60 bits per heavy atom. The van der Waals surface area contributed by atoms with E-state index in [0.29, 0.717) is 10.5 Å². The smallest absolute Gasteiger partial charge is 0.268 e. The largest absolute Gasteiger partial charge is 0.268 e. The second-order valence-electron chi connectivity index (χ2n) is 8.49. The van der Waals surface area contributed by atoms with Crippen LogP contribution in [-0.2, 0) is 5.75 Å². The first-order chi connectivity index (χ1) is 17.2. The Labute approximate surface area is 211 Å². The number of benzene rings is 4. The van der Waals surface area contributed by atoms with Gasteiger partial charge in [0.2, 0.25) is 0 Å². The summed E-state index contributed by atoms with van der Waals surface area (Å²) >= 11 is 3.14. The Bertz CT molecular complexity index is 1710. The van der Waals surface area contributed by atoms with Gasteiger partial charge in [0.05, 0.1) is 11.1 Å². The summed E-state index contributed by atoms with van der Waals surface area (Å²) < 4.78 is 1.77. The molecule has 0 aliphatic carbocycles. The van der Waals surface area contributed by atoms with Crippen molar-refractivity contribution in [2.24, 2.45) is 0 Å². The SMILES string of the molecule is Cc1ccc(-c2csc3nc(SCc4cccc5ccccc45)n(-c4ccccc4)c(=O)c23)cc1. The molecular weight excluding hydrogens is 468 g/mol. The van der Waals surface area contributed by atoms with E-state index in [2.05, 4.69) is 79.0 Å². The average Bonchev–Trinajstić information content (AvgIpc) is 3.33. The first kappa shape index (κ1) is 21.8. The highest BCUT2D eigenvalue weighted by molar-refractivity contribution is 7.98. The molecule has 35 heavy (non-hydrogen) atoms. The number of nitrogens with zero attached hydrogens (tertiary/aromatic N) is 2. The zero-order valence-electron chi connectivity index (χ0n) is 19.1. The molecule has 0 aliphatic rings. The van der Waals surface area contributed by atoms with E-state index in [1.54, 1.807) is 16.3 Å². The highest BCUT2D eigenvalue weighted by atomic mass is 32.2. The molecule has 0 fully saturated rings. The highest BCUT2D eigenvalue weighted by Gasteiger charge is 2.19. The number of thioether (sulfide) groups is 1. The van der Waals surface area contributed by atoms with Gasteiger partial charge in [-0.15, -0.1) is 11.3 Å². The van der Waals surface area contributed by atoms with Gasteiger partial charge in [-0.2, -0.15) is 0 Å². The lowest BCUT2D eigenvalue weighted by Crippen LogP contribution is -2.21. The predicted molar refractivity (Wildman–Crippen MR) is 149 cm³/mol. The van der Waals surface area contributed by atoms with Crippen molar-refractivity contribution < 1.29 is 0 Å². The van der Waals surface area contributed by atoms with Crippen molar-refractivity contribution in [2.45, 2.75) is 17.8 Å². The van der Waals surface area contributed by atoms with E-state index in [1.807, 2.05) is 30.3 Å². The highest BCUT2D eigenvalue weighted by Crippen LogP contribution is 2.34. The fourth-order valence-corrected chi connectivity index (χ4v) is 6.39. The predicted octanol–water partition coefficient (Wildman–Crippen LogP) is 7.87. The van der Waals surface area contributed by atoms with Crippen LogP contribution in [0.25, 0.3) is 37.8 Å². The van der Waals surface area contributed by atoms with Crippen LogP contribution >= 0.6 is 23.1 Å². The van der Waals surface area contributed by atoms with E-state index in [4.69, 9.17) is 4.98 Å². The summed E-state index contributed by atoms with van der Waals surface area (Å²) in [6.07, 6.45) is 0. The molecule has 3 nitrogen and oxygen atoms in total. The lowest BCUT2D eigenvalue weighted by atomic mass is 10.1. The third kappa shape index (κ3) is 4.07. The second-order valence-corrected chi connectivity index (χ2v) is 10.3. The van der Waals surface area contributed by atoms with Crippen LogP contribution in [-0.4, -0.2) is 9.55 Å². The molecular formula is C30H22N2OS2. The van der Waals surface area contributed by atoms with E-state index in [0.717, 1.165) is 27.4 Å². The third-order valence-corrected chi connectivity index (χ3v) is 8.05. The lowest BCUT2D eigenvalue weighted by molar-refractivity contribution is 0.823. The van der Waals surface area contributed by atoms with Crippen LogP contribution in [0.1, 0.15) is 11.1 Å². The molecule has 2 heterocycles. The number of hydrogen-bond acceptors (Lipinski definition) is 4. The Kier molecular flexibility index (Phi) is 5.72. The standard InChI is InChI=1S/C30H22N2OS2/c1-20-14-16-22(17-15-20)26-19-34-28-27(26)29(33)32(24-11-3-2-4-12-24)30(31-28)35-18-23-10-7-9-21-8-5-6-13-25(21)23/h2-17,19H,18H2,1H3. The summed E-state index contributed by atoms with van der Waals surface area (Å²) in [7, 11) is 0. The first-order valence-corrected chi connectivity index (χ1v) is 13.3. The van der Waals surface area contributed by atoms with E-state index < -0.39 is 0 Å². The summed E-state index contributed by atoms with van der Waals surface area (Å²) in [5.74, 6) is 0.725. The van der Waals surface area contributed by atoms with Crippen LogP contribution in [0.5, 0.6) is 0 Å². The molecule has 0 radical (unpaired) electrons. The number of aromatic nitrogens is 2. The van der Waals surface area contributed by atoms with Crippen LogP contribution in [0.2, 0.25) is 0 Å². The Morgan fingerprint density at radius 1 is 0.857 bits per heavy atom. The molecule has 5 heteroatoms. The van der Waals surface area contributed by atoms with Crippen molar-refractivity contribution in [3.63, 3.8) is 0 Å². The van der Waals surface area contributed by atoms with Crippen LogP contribution in [0.4, 0.5) is 0 Å². The molecule has 6 aromatic rings. The fraction of sp³-hybridized carbons (Fsp3) is 0.0667. The van der Waals surface area contributed by atoms with E-state index in [1.165, 1.54) is 33.2 Å². The minimum atomic E-state index is -0.0292. The fourth-order valence-electron chi connectivity index (χ4n) is 4.38. The zero-order valence-corrected chi connectivity index (χ0v) is 20.8. The molecule has 0 N–H and O–H groups in total. The van der Waals surface area contributed by atoms with Gasteiger partial charge in [0.15, 0.2) is 5.16 Å². The van der Waals surface area contributed by atoms with Gasteiger partial charge in [-0.1, -0.05) is 102 Å². The maximum absolute atomic E-state index is 14.0. The van der Waals surface area contributed by atoms with Crippen LogP contribution in [0.3, 0.4) is 0 Å². The maximum atomic E-state index is 14.0. The van der Waals surface area contributed by atoms with Gasteiger partial charge in [-0.05, 0) is 41.0 Å². The number of hydrogen-bond donors (Lipinski definition) is 0. The van der Waals surface area contributed by atoms with E-state index >= 15 is 0 Å². The first-order valence-electron chi connectivity index (χ1n) is 11.5. The molecule has 0 bridgehead atoms. The molecule has 0 saturated carbocycles. The molecule has 0 spiro atoms. The van der Waals surface area contributed by atoms with Gasteiger partial charge in [0, 0.05) is 16.7 Å². The summed E-state index contributed by atoms with van der Waals surface area (Å²) in [4.78, 5) is 19.8. The molecule has 0 atom stereocenters. The van der Waals surface area contributed by atoms with Gasteiger partial charge in [0.1, 0.15) is 4.83 Å². The van der Waals surface area contributed by atoms with Crippen molar-refractivity contribution in [3.8, 4) is 16.8 Å². The van der Waals surface area contributed by atoms with Crippen molar-refractivity contribution >= 4 is 44.1 Å². The minimum absolute atomic E-state index is 0.0292. The number of fused-ring (bicyclic) bond motifs is 2. The van der Waals surface area contributed by atoms with Gasteiger partial charge >= 0.3 is 0 Å². The molecule has 0 saturated heterocycles. The van der Waals surface area contributed by atoms with Gasteiger partial charge < -0.3 is 0 Å². The normalized spacial score (nSPS) is 11.3. The van der Waals surface area contributed by atoms with Crippen LogP contribution in [0.15, 0.2) is 112 Å². The van der Waals surface area contributed by atoms with Gasteiger partial charge in [-0.25, -0.2) is 4.98 Å².